The number of benzene rings is 1. The SMILES string of the molecule is Cc1ccc(CN(C)C(=O)NC(C(=O)O)C(C)(C)C)cc1. The van der Waals surface area contributed by atoms with E-state index >= 15 is 0 Å². The summed E-state index contributed by atoms with van der Waals surface area (Å²) in [5.41, 5.74) is 1.61. The van der Waals surface area contributed by atoms with Gasteiger partial charge in [-0.05, 0) is 17.9 Å². The molecule has 0 aliphatic rings. The molecule has 0 bridgehead atoms. The molecule has 0 saturated carbocycles. The van der Waals surface area contributed by atoms with Gasteiger partial charge in [-0.25, -0.2) is 9.59 Å². The lowest BCUT2D eigenvalue weighted by Crippen LogP contribution is -2.52. The highest BCUT2D eigenvalue weighted by molar-refractivity contribution is 5.83. The molecule has 5 nitrogen and oxygen atoms in total. The van der Waals surface area contributed by atoms with Gasteiger partial charge in [0.2, 0.25) is 0 Å². The quantitative estimate of drug-likeness (QED) is 0.896. The Labute approximate surface area is 126 Å². The molecule has 0 aromatic heterocycles. The Kier molecular flexibility index (Phi) is 5.35. The zero-order valence-electron chi connectivity index (χ0n) is 13.3. The molecule has 0 aliphatic carbocycles. The van der Waals surface area contributed by atoms with Crippen LogP contribution in [0, 0.1) is 12.3 Å². The Morgan fingerprint density at radius 2 is 1.76 bits per heavy atom. The van der Waals surface area contributed by atoms with Crippen LogP contribution in [-0.4, -0.2) is 35.1 Å². The predicted molar refractivity (Wildman–Crippen MR) is 82.1 cm³/mol. The second-order valence-corrected chi connectivity index (χ2v) is 6.43. The molecule has 0 saturated heterocycles. The van der Waals surface area contributed by atoms with Crippen molar-refractivity contribution < 1.29 is 14.7 Å². The van der Waals surface area contributed by atoms with E-state index in [-0.39, 0.29) is 0 Å². The zero-order chi connectivity index (χ0) is 16.2. The van der Waals surface area contributed by atoms with Crippen LogP contribution in [0.25, 0.3) is 0 Å². The molecule has 5 heteroatoms. The number of nitrogens with one attached hydrogen (secondary N) is 1. The number of rotatable bonds is 4. The summed E-state index contributed by atoms with van der Waals surface area (Å²) in [6, 6.07) is 6.56. The van der Waals surface area contributed by atoms with Gasteiger partial charge < -0.3 is 15.3 Å². The van der Waals surface area contributed by atoms with Gasteiger partial charge in [-0.3, -0.25) is 0 Å². The minimum Gasteiger partial charge on any atom is -0.480 e. The number of aryl methyl sites for hydroxylation is 1. The highest BCUT2D eigenvalue weighted by Gasteiger charge is 2.33. The summed E-state index contributed by atoms with van der Waals surface area (Å²) in [4.78, 5) is 24.9. The summed E-state index contributed by atoms with van der Waals surface area (Å²) >= 11 is 0. The molecular formula is C16H24N2O3. The average molecular weight is 292 g/mol. The molecule has 1 aromatic carbocycles. The van der Waals surface area contributed by atoms with Crippen LogP contribution in [0.4, 0.5) is 4.79 Å². The molecule has 0 heterocycles. The van der Waals surface area contributed by atoms with Gasteiger partial charge in [-0.2, -0.15) is 0 Å². The number of carbonyl (C=O) groups excluding carboxylic acids is 1. The van der Waals surface area contributed by atoms with Crippen LogP contribution in [0.1, 0.15) is 31.9 Å². The molecule has 0 aliphatic heterocycles. The fourth-order valence-electron chi connectivity index (χ4n) is 1.92. The van der Waals surface area contributed by atoms with Crippen molar-refractivity contribution in [2.75, 3.05) is 7.05 Å². The van der Waals surface area contributed by atoms with E-state index in [4.69, 9.17) is 0 Å². The lowest BCUT2D eigenvalue weighted by Gasteiger charge is -2.29. The first-order valence-corrected chi connectivity index (χ1v) is 6.91. The maximum absolute atomic E-state index is 12.1. The van der Waals surface area contributed by atoms with Crippen molar-refractivity contribution in [1.82, 2.24) is 10.2 Å². The largest absolute Gasteiger partial charge is 0.480 e. The first-order valence-electron chi connectivity index (χ1n) is 6.91. The van der Waals surface area contributed by atoms with Crippen LogP contribution in [0.3, 0.4) is 0 Å². The number of nitrogens with zero attached hydrogens (tertiary/aromatic N) is 1. The third-order valence-electron chi connectivity index (χ3n) is 3.27. The Morgan fingerprint density at radius 3 is 2.19 bits per heavy atom. The van der Waals surface area contributed by atoms with E-state index in [1.54, 1.807) is 27.8 Å². The number of carboxylic acid groups (broad SMARTS) is 1. The Bertz CT molecular complexity index is 503. The summed E-state index contributed by atoms with van der Waals surface area (Å²) in [5.74, 6) is -1.03. The second-order valence-electron chi connectivity index (χ2n) is 6.43. The lowest BCUT2D eigenvalue weighted by atomic mass is 9.87. The molecule has 1 rings (SSSR count). The second kappa shape index (κ2) is 6.61. The molecule has 1 atom stereocenters. The number of aliphatic carboxylic acids is 1. The predicted octanol–water partition coefficient (Wildman–Crippen LogP) is 2.64. The average Bonchev–Trinajstić information content (AvgIpc) is 2.36. The number of carbonyl (C=O) groups is 2. The fourth-order valence-corrected chi connectivity index (χ4v) is 1.92. The number of carboxylic acids is 1. The van der Waals surface area contributed by atoms with Gasteiger partial charge in [-0.15, -0.1) is 0 Å². The smallest absolute Gasteiger partial charge is 0.326 e. The summed E-state index contributed by atoms with van der Waals surface area (Å²) < 4.78 is 0. The summed E-state index contributed by atoms with van der Waals surface area (Å²) in [6.45, 7) is 7.79. The minimum atomic E-state index is -1.03. The minimum absolute atomic E-state index is 0.391. The number of urea groups is 1. The van der Waals surface area contributed by atoms with Gasteiger partial charge >= 0.3 is 12.0 Å². The van der Waals surface area contributed by atoms with E-state index < -0.39 is 23.5 Å². The van der Waals surface area contributed by atoms with E-state index in [1.807, 2.05) is 31.2 Å². The van der Waals surface area contributed by atoms with E-state index in [0.29, 0.717) is 6.54 Å². The van der Waals surface area contributed by atoms with Crippen LogP contribution in [0.15, 0.2) is 24.3 Å². The maximum Gasteiger partial charge on any atom is 0.326 e. The molecule has 1 aromatic rings. The van der Waals surface area contributed by atoms with Gasteiger partial charge in [0.15, 0.2) is 0 Å². The van der Waals surface area contributed by atoms with Crippen LogP contribution in [-0.2, 0) is 11.3 Å². The molecular weight excluding hydrogens is 268 g/mol. The third-order valence-corrected chi connectivity index (χ3v) is 3.27. The molecule has 1 unspecified atom stereocenters. The van der Waals surface area contributed by atoms with E-state index in [0.717, 1.165) is 11.1 Å². The molecule has 0 radical (unpaired) electrons. The van der Waals surface area contributed by atoms with Crippen molar-refractivity contribution in [2.45, 2.75) is 40.3 Å². The van der Waals surface area contributed by atoms with Crippen molar-refractivity contribution in [2.24, 2.45) is 5.41 Å². The standard InChI is InChI=1S/C16H24N2O3/c1-11-6-8-12(9-7-11)10-18(5)15(21)17-13(14(19)20)16(2,3)4/h6-9,13H,10H2,1-5H3,(H,17,21)(H,19,20). The van der Waals surface area contributed by atoms with E-state index in [2.05, 4.69) is 5.32 Å². The van der Waals surface area contributed by atoms with Crippen molar-refractivity contribution in [3.8, 4) is 0 Å². The molecule has 21 heavy (non-hydrogen) atoms. The highest BCUT2D eigenvalue weighted by Crippen LogP contribution is 2.19. The van der Waals surface area contributed by atoms with E-state index in [1.165, 1.54) is 4.90 Å². The summed E-state index contributed by atoms with van der Waals surface area (Å²) in [5, 5.41) is 11.8. The van der Waals surface area contributed by atoms with Crippen LogP contribution < -0.4 is 5.32 Å². The van der Waals surface area contributed by atoms with Crippen molar-refractivity contribution in [3.05, 3.63) is 35.4 Å². The van der Waals surface area contributed by atoms with Crippen molar-refractivity contribution in [3.63, 3.8) is 0 Å². The van der Waals surface area contributed by atoms with E-state index in [9.17, 15) is 14.7 Å². The van der Waals surface area contributed by atoms with Gasteiger partial charge in [-0.1, -0.05) is 50.6 Å². The highest BCUT2D eigenvalue weighted by atomic mass is 16.4. The van der Waals surface area contributed by atoms with Crippen LogP contribution in [0.2, 0.25) is 0 Å². The third kappa shape index (κ3) is 5.10. The summed E-state index contributed by atoms with van der Waals surface area (Å²) in [6.07, 6.45) is 0. The van der Waals surface area contributed by atoms with Crippen LogP contribution in [0.5, 0.6) is 0 Å². The normalized spacial score (nSPS) is 12.6. The maximum atomic E-state index is 12.1. The number of amides is 2. The van der Waals surface area contributed by atoms with Crippen LogP contribution >= 0.6 is 0 Å². The Morgan fingerprint density at radius 1 is 1.24 bits per heavy atom. The topological polar surface area (TPSA) is 69.6 Å². The fraction of sp³-hybridized carbons (Fsp3) is 0.500. The van der Waals surface area contributed by atoms with Crippen molar-refractivity contribution >= 4 is 12.0 Å². The first kappa shape index (κ1) is 17.0. The first-order chi connectivity index (χ1) is 9.61. The van der Waals surface area contributed by atoms with Gasteiger partial charge in [0.1, 0.15) is 6.04 Å². The molecule has 2 amide bonds. The van der Waals surface area contributed by atoms with Gasteiger partial charge in [0, 0.05) is 13.6 Å². The lowest BCUT2D eigenvalue weighted by molar-refractivity contribution is -0.142. The zero-order valence-corrected chi connectivity index (χ0v) is 13.3. The number of hydrogen-bond donors (Lipinski definition) is 2. The molecule has 2 N–H and O–H groups in total. The monoisotopic (exact) mass is 292 g/mol. The Hall–Kier alpha value is -2.04. The molecule has 0 spiro atoms. The van der Waals surface area contributed by atoms with Crippen molar-refractivity contribution in [1.29, 1.82) is 0 Å². The molecule has 0 fully saturated rings. The number of hydrogen-bond acceptors (Lipinski definition) is 2. The summed E-state index contributed by atoms with van der Waals surface area (Å²) in [7, 11) is 1.65. The molecule has 116 valence electrons. The van der Waals surface area contributed by atoms with Gasteiger partial charge in [0.05, 0.1) is 0 Å². The Balaban J connectivity index is 2.69. The van der Waals surface area contributed by atoms with Gasteiger partial charge in [0.25, 0.3) is 0 Å².